The number of benzene rings is 2. The molecule has 0 aliphatic rings. The zero-order chi connectivity index (χ0) is 12.3. The topological polar surface area (TPSA) is 23.5 Å². The minimum absolute atomic E-state index is 0.299. The number of phenols is 1. The molecule has 0 aliphatic heterocycles. The van der Waals surface area contributed by atoms with E-state index in [9.17, 15) is 5.11 Å². The van der Waals surface area contributed by atoms with Gasteiger partial charge in [-0.15, -0.1) is 0 Å². The third-order valence-corrected chi connectivity index (χ3v) is 2.80. The van der Waals surface area contributed by atoms with Crippen molar-refractivity contribution in [3.63, 3.8) is 0 Å². The molecule has 2 aromatic carbocycles. The molecule has 2 nitrogen and oxygen atoms in total. The minimum Gasteiger partial charge on any atom is -0.508 e. The van der Waals surface area contributed by atoms with Gasteiger partial charge in [0.1, 0.15) is 5.75 Å². The molecule has 2 heteroatoms. The van der Waals surface area contributed by atoms with Crippen molar-refractivity contribution in [3.8, 4) is 5.75 Å². The molecular formula is C15H17NO. The molecule has 0 amide bonds. The summed E-state index contributed by atoms with van der Waals surface area (Å²) in [6, 6.07) is 15.7. The van der Waals surface area contributed by atoms with E-state index in [2.05, 4.69) is 43.0 Å². The Labute approximate surface area is 102 Å². The Morgan fingerprint density at radius 1 is 1.00 bits per heavy atom. The molecule has 0 spiro atoms. The van der Waals surface area contributed by atoms with Gasteiger partial charge in [0, 0.05) is 24.0 Å². The maximum absolute atomic E-state index is 9.52. The molecule has 2 rings (SSSR count). The smallest absolute Gasteiger partial charge is 0.117 e. The van der Waals surface area contributed by atoms with Gasteiger partial charge in [0.2, 0.25) is 0 Å². The van der Waals surface area contributed by atoms with Crippen LogP contribution in [0.25, 0.3) is 0 Å². The van der Waals surface area contributed by atoms with Crippen LogP contribution in [-0.2, 0) is 0 Å². The van der Waals surface area contributed by atoms with Crippen molar-refractivity contribution in [2.24, 2.45) is 0 Å². The summed E-state index contributed by atoms with van der Waals surface area (Å²) in [7, 11) is 0. The van der Waals surface area contributed by atoms with Crippen LogP contribution >= 0.6 is 0 Å². The van der Waals surface area contributed by atoms with Crippen LogP contribution in [0.3, 0.4) is 0 Å². The number of hydrogen-bond donors (Lipinski definition) is 1. The lowest BCUT2D eigenvalue weighted by molar-refractivity contribution is 0.475. The fourth-order valence-electron chi connectivity index (χ4n) is 1.90. The van der Waals surface area contributed by atoms with Gasteiger partial charge in [-0.05, 0) is 38.1 Å². The second-order valence-corrected chi connectivity index (χ2v) is 4.10. The minimum atomic E-state index is 0.299. The Kier molecular flexibility index (Phi) is 3.33. The highest BCUT2D eigenvalue weighted by Crippen LogP contribution is 2.27. The van der Waals surface area contributed by atoms with Crippen molar-refractivity contribution in [1.82, 2.24) is 0 Å². The molecule has 0 bridgehead atoms. The quantitative estimate of drug-likeness (QED) is 0.860. The summed E-state index contributed by atoms with van der Waals surface area (Å²) in [6.45, 7) is 5.05. The van der Waals surface area contributed by atoms with Crippen molar-refractivity contribution in [1.29, 1.82) is 0 Å². The molecule has 0 fully saturated rings. The molecule has 0 radical (unpaired) electrons. The van der Waals surface area contributed by atoms with Crippen molar-refractivity contribution in [3.05, 3.63) is 54.1 Å². The Bertz CT molecular complexity index is 491. The second kappa shape index (κ2) is 4.91. The molecular weight excluding hydrogens is 210 g/mol. The summed E-state index contributed by atoms with van der Waals surface area (Å²) >= 11 is 0. The van der Waals surface area contributed by atoms with Crippen LogP contribution in [-0.4, -0.2) is 11.7 Å². The Balaban J connectivity index is 2.36. The van der Waals surface area contributed by atoms with Crippen LogP contribution in [0.1, 0.15) is 12.5 Å². The number of hydrogen-bond acceptors (Lipinski definition) is 2. The van der Waals surface area contributed by atoms with Gasteiger partial charge in [0.05, 0.1) is 0 Å². The summed E-state index contributed by atoms with van der Waals surface area (Å²) in [5.41, 5.74) is 3.40. The lowest BCUT2D eigenvalue weighted by atomic mass is 10.2. The first-order chi connectivity index (χ1) is 8.20. The molecule has 0 aliphatic carbocycles. The first kappa shape index (κ1) is 11.5. The van der Waals surface area contributed by atoms with E-state index in [1.807, 2.05) is 12.1 Å². The molecule has 0 saturated heterocycles. The fraction of sp³-hybridized carbons (Fsp3) is 0.200. The fourth-order valence-corrected chi connectivity index (χ4v) is 1.90. The highest BCUT2D eigenvalue weighted by atomic mass is 16.3. The first-order valence-corrected chi connectivity index (χ1v) is 5.84. The number of nitrogens with zero attached hydrogens (tertiary/aromatic N) is 1. The number of phenolic OH excluding ortho intramolecular Hbond substituents is 1. The largest absolute Gasteiger partial charge is 0.508 e. The van der Waals surface area contributed by atoms with Crippen LogP contribution < -0.4 is 4.90 Å². The van der Waals surface area contributed by atoms with Crippen LogP contribution in [0, 0.1) is 6.92 Å². The van der Waals surface area contributed by atoms with Gasteiger partial charge >= 0.3 is 0 Å². The third kappa shape index (κ3) is 2.59. The number of aromatic hydroxyl groups is 1. The molecule has 0 unspecified atom stereocenters. The number of aryl methyl sites for hydroxylation is 1. The summed E-state index contributed by atoms with van der Waals surface area (Å²) in [6.07, 6.45) is 0. The average molecular weight is 227 g/mol. The van der Waals surface area contributed by atoms with Crippen molar-refractivity contribution in [2.75, 3.05) is 11.4 Å². The first-order valence-electron chi connectivity index (χ1n) is 5.84. The van der Waals surface area contributed by atoms with Crippen LogP contribution in [0.2, 0.25) is 0 Å². The van der Waals surface area contributed by atoms with Gasteiger partial charge in [-0.2, -0.15) is 0 Å². The molecule has 2 aromatic rings. The Morgan fingerprint density at radius 3 is 2.29 bits per heavy atom. The van der Waals surface area contributed by atoms with E-state index in [0.29, 0.717) is 5.75 Å². The zero-order valence-electron chi connectivity index (χ0n) is 10.2. The molecule has 1 N–H and O–H groups in total. The number of rotatable bonds is 3. The number of anilines is 2. The maximum atomic E-state index is 9.52. The summed E-state index contributed by atoms with van der Waals surface area (Å²) < 4.78 is 0. The lowest BCUT2D eigenvalue weighted by Crippen LogP contribution is -2.15. The summed E-state index contributed by atoms with van der Waals surface area (Å²) in [5.74, 6) is 0.299. The van der Waals surface area contributed by atoms with E-state index in [1.165, 1.54) is 5.56 Å². The van der Waals surface area contributed by atoms with Crippen LogP contribution in [0.15, 0.2) is 48.5 Å². The van der Waals surface area contributed by atoms with E-state index in [1.54, 1.807) is 12.1 Å². The van der Waals surface area contributed by atoms with Gasteiger partial charge in [0.25, 0.3) is 0 Å². The van der Waals surface area contributed by atoms with Crippen LogP contribution in [0.4, 0.5) is 11.4 Å². The predicted octanol–water partition coefficient (Wildman–Crippen LogP) is 3.86. The highest BCUT2D eigenvalue weighted by molar-refractivity contribution is 5.64. The van der Waals surface area contributed by atoms with Gasteiger partial charge < -0.3 is 10.0 Å². The molecule has 88 valence electrons. The summed E-state index contributed by atoms with van der Waals surface area (Å²) in [4.78, 5) is 2.17. The molecule has 0 heterocycles. The Morgan fingerprint density at radius 2 is 1.71 bits per heavy atom. The summed E-state index contributed by atoms with van der Waals surface area (Å²) in [5, 5.41) is 9.52. The Hall–Kier alpha value is -1.96. The van der Waals surface area contributed by atoms with Crippen LogP contribution in [0.5, 0.6) is 5.75 Å². The van der Waals surface area contributed by atoms with E-state index < -0.39 is 0 Å². The van der Waals surface area contributed by atoms with Crippen molar-refractivity contribution >= 4 is 11.4 Å². The normalized spacial score (nSPS) is 10.2. The monoisotopic (exact) mass is 227 g/mol. The third-order valence-electron chi connectivity index (χ3n) is 2.80. The van der Waals surface area contributed by atoms with E-state index in [0.717, 1.165) is 17.9 Å². The van der Waals surface area contributed by atoms with Gasteiger partial charge in [-0.3, -0.25) is 0 Å². The SMILES string of the molecule is CCN(c1ccc(C)cc1)c1cccc(O)c1. The predicted molar refractivity (Wildman–Crippen MR) is 72.0 cm³/mol. The second-order valence-electron chi connectivity index (χ2n) is 4.10. The van der Waals surface area contributed by atoms with Crippen molar-refractivity contribution < 1.29 is 5.11 Å². The van der Waals surface area contributed by atoms with Gasteiger partial charge in [-0.1, -0.05) is 23.8 Å². The molecule has 0 aromatic heterocycles. The molecule has 17 heavy (non-hydrogen) atoms. The van der Waals surface area contributed by atoms with E-state index in [4.69, 9.17) is 0 Å². The van der Waals surface area contributed by atoms with E-state index >= 15 is 0 Å². The zero-order valence-corrected chi connectivity index (χ0v) is 10.2. The standard InChI is InChI=1S/C15H17NO/c1-3-16(13-9-7-12(2)8-10-13)14-5-4-6-15(17)11-14/h4-11,17H,3H2,1-2H3. The van der Waals surface area contributed by atoms with Gasteiger partial charge in [0.15, 0.2) is 0 Å². The highest BCUT2D eigenvalue weighted by Gasteiger charge is 2.06. The van der Waals surface area contributed by atoms with Crippen molar-refractivity contribution in [2.45, 2.75) is 13.8 Å². The van der Waals surface area contributed by atoms with Gasteiger partial charge in [-0.25, -0.2) is 0 Å². The average Bonchev–Trinajstić information content (AvgIpc) is 2.33. The van der Waals surface area contributed by atoms with E-state index in [-0.39, 0.29) is 0 Å². The molecule has 0 saturated carbocycles. The lowest BCUT2D eigenvalue weighted by Gasteiger charge is -2.23. The maximum Gasteiger partial charge on any atom is 0.117 e. The molecule has 0 atom stereocenters.